The van der Waals surface area contributed by atoms with Gasteiger partial charge in [0.1, 0.15) is 0 Å². The third-order valence-electron chi connectivity index (χ3n) is 4.37. The van der Waals surface area contributed by atoms with E-state index >= 15 is 0 Å². The lowest BCUT2D eigenvalue weighted by Gasteiger charge is -2.05. The van der Waals surface area contributed by atoms with E-state index in [0.29, 0.717) is 12.2 Å². The molecule has 0 radical (unpaired) electrons. The first-order valence-electron chi connectivity index (χ1n) is 8.67. The Balaban J connectivity index is 1.83. The van der Waals surface area contributed by atoms with Crippen LogP contribution in [-0.4, -0.2) is 31.6 Å². The van der Waals surface area contributed by atoms with Gasteiger partial charge in [-0.15, -0.1) is 5.10 Å². The van der Waals surface area contributed by atoms with E-state index in [-0.39, 0.29) is 5.69 Å². The summed E-state index contributed by atoms with van der Waals surface area (Å²) in [7, 11) is 0. The van der Waals surface area contributed by atoms with Gasteiger partial charge < -0.3 is 14.5 Å². The monoisotopic (exact) mass is 375 g/mol. The second-order valence-corrected chi connectivity index (χ2v) is 6.35. The molecule has 0 bridgehead atoms. The molecule has 0 aliphatic rings. The summed E-state index contributed by atoms with van der Waals surface area (Å²) < 4.78 is 2.09. The highest BCUT2D eigenvalue weighted by Gasteiger charge is 2.20. The van der Waals surface area contributed by atoms with Gasteiger partial charge in [-0.1, -0.05) is 53.4 Å². The highest BCUT2D eigenvalue weighted by molar-refractivity contribution is 5.96. The van der Waals surface area contributed by atoms with Crippen molar-refractivity contribution in [1.29, 1.82) is 0 Å². The molecule has 0 atom stereocenters. The molecular formula is C21H17N3O4. The van der Waals surface area contributed by atoms with Gasteiger partial charge in [0.15, 0.2) is 5.69 Å². The van der Waals surface area contributed by atoms with Crippen LogP contribution in [0.15, 0.2) is 66.9 Å². The van der Waals surface area contributed by atoms with Crippen LogP contribution in [0.25, 0.3) is 22.2 Å². The molecular weight excluding hydrogens is 358 g/mol. The Morgan fingerprint density at radius 3 is 2.50 bits per heavy atom. The Hall–Kier alpha value is -3.87. The molecule has 4 rings (SSSR count). The standard InChI is InChI=1S/C21H17N3O4/c1-14(25)28-24-20(21(26)27)11-18(22-24)17-13-23(12-15-7-3-2-4-8-15)19-10-6-5-9-16(17)19/h2-11,13H,12H2,1H3,(H,26,27). The van der Waals surface area contributed by atoms with Gasteiger partial charge in [-0.2, -0.15) is 0 Å². The topological polar surface area (TPSA) is 86.4 Å². The quantitative estimate of drug-likeness (QED) is 0.579. The van der Waals surface area contributed by atoms with Crippen LogP contribution in [0.1, 0.15) is 23.0 Å². The van der Waals surface area contributed by atoms with Crippen LogP contribution in [-0.2, 0) is 11.3 Å². The van der Waals surface area contributed by atoms with Gasteiger partial charge in [0.25, 0.3) is 0 Å². The first-order chi connectivity index (χ1) is 13.5. The number of carboxylic acids is 1. The van der Waals surface area contributed by atoms with Crippen LogP contribution in [0.3, 0.4) is 0 Å². The largest absolute Gasteiger partial charge is 0.476 e. The minimum atomic E-state index is -1.23. The molecule has 0 unspecified atom stereocenters. The number of fused-ring (bicyclic) bond motifs is 1. The van der Waals surface area contributed by atoms with Crippen LogP contribution in [0.4, 0.5) is 0 Å². The number of carboxylic acid groups (broad SMARTS) is 1. The van der Waals surface area contributed by atoms with Gasteiger partial charge in [-0.25, -0.2) is 9.59 Å². The predicted octanol–water partition coefficient (Wildman–Crippen LogP) is 3.23. The lowest BCUT2D eigenvalue weighted by atomic mass is 10.1. The van der Waals surface area contributed by atoms with Gasteiger partial charge >= 0.3 is 11.9 Å². The van der Waals surface area contributed by atoms with E-state index in [1.54, 1.807) is 0 Å². The van der Waals surface area contributed by atoms with Crippen molar-refractivity contribution in [2.45, 2.75) is 13.5 Å². The molecule has 1 N–H and O–H groups in total. The highest BCUT2D eigenvalue weighted by Crippen LogP contribution is 2.30. The van der Waals surface area contributed by atoms with E-state index in [0.717, 1.165) is 26.9 Å². The summed E-state index contributed by atoms with van der Waals surface area (Å²) in [6.07, 6.45) is 1.93. The number of aromatic carboxylic acids is 1. The Morgan fingerprint density at radius 1 is 1.07 bits per heavy atom. The van der Waals surface area contributed by atoms with Crippen molar-refractivity contribution >= 4 is 22.8 Å². The van der Waals surface area contributed by atoms with Crippen LogP contribution in [0.5, 0.6) is 0 Å². The smallest absolute Gasteiger partial charge is 0.358 e. The van der Waals surface area contributed by atoms with Crippen molar-refractivity contribution in [2.24, 2.45) is 0 Å². The number of rotatable bonds is 5. The Morgan fingerprint density at radius 2 is 1.79 bits per heavy atom. The lowest BCUT2D eigenvalue weighted by Crippen LogP contribution is -2.22. The molecule has 0 aliphatic carbocycles. The number of hydrogen-bond acceptors (Lipinski definition) is 4. The highest BCUT2D eigenvalue weighted by atomic mass is 16.7. The van der Waals surface area contributed by atoms with Gasteiger partial charge in [-0.05, 0) is 11.6 Å². The summed E-state index contributed by atoms with van der Waals surface area (Å²) in [5.74, 6) is -1.88. The van der Waals surface area contributed by atoms with Gasteiger partial charge in [0.05, 0.1) is 5.69 Å². The number of carbonyl (C=O) groups is 2. The fourth-order valence-corrected chi connectivity index (χ4v) is 3.19. The average Bonchev–Trinajstić information content (AvgIpc) is 3.24. The van der Waals surface area contributed by atoms with Crippen LogP contribution < -0.4 is 4.84 Å². The molecule has 0 aliphatic heterocycles. The van der Waals surface area contributed by atoms with E-state index < -0.39 is 11.9 Å². The summed E-state index contributed by atoms with van der Waals surface area (Å²) in [4.78, 5) is 28.4. The van der Waals surface area contributed by atoms with E-state index in [2.05, 4.69) is 9.67 Å². The molecule has 140 valence electrons. The minimum absolute atomic E-state index is 0.218. The molecule has 4 aromatic rings. The summed E-state index contributed by atoms with van der Waals surface area (Å²) in [6.45, 7) is 1.86. The SMILES string of the molecule is CC(=O)On1nc(-c2cn(Cc3ccccc3)c3ccccc23)cc1C(=O)O. The number of para-hydroxylation sites is 1. The maximum Gasteiger partial charge on any atom is 0.358 e. The molecule has 2 aromatic carbocycles. The van der Waals surface area contributed by atoms with Crippen molar-refractivity contribution in [3.05, 3.63) is 78.1 Å². The molecule has 0 spiro atoms. The van der Waals surface area contributed by atoms with Gasteiger partial charge in [0.2, 0.25) is 0 Å². The molecule has 0 fully saturated rings. The Bertz CT molecular complexity index is 1180. The lowest BCUT2D eigenvalue weighted by molar-refractivity contribution is -0.143. The molecule has 2 aromatic heterocycles. The number of aromatic nitrogens is 3. The number of nitrogens with zero attached hydrogens (tertiary/aromatic N) is 3. The van der Waals surface area contributed by atoms with Crippen LogP contribution >= 0.6 is 0 Å². The molecule has 7 heteroatoms. The van der Waals surface area contributed by atoms with Gasteiger partial charge in [-0.3, -0.25) is 0 Å². The molecule has 2 heterocycles. The van der Waals surface area contributed by atoms with Crippen molar-refractivity contribution in [3.8, 4) is 11.3 Å². The number of benzene rings is 2. The number of hydrogen-bond donors (Lipinski definition) is 1. The zero-order valence-corrected chi connectivity index (χ0v) is 15.1. The van der Waals surface area contributed by atoms with E-state index in [1.165, 1.54) is 13.0 Å². The third kappa shape index (κ3) is 3.25. The van der Waals surface area contributed by atoms with Crippen molar-refractivity contribution in [3.63, 3.8) is 0 Å². The second-order valence-electron chi connectivity index (χ2n) is 6.35. The number of carbonyl (C=O) groups excluding carboxylic acids is 1. The van der Waals surface area contributed by atoms with E-state index in [4.69, 9.17) is 4.84 Å². The van der Waals surface area contributed by atoms with E-state index in [9.17, 15) is 14.7 Å². The Kier molecular flexibility index (Phi) is 4.41. The summed E-state index contributed by atoms with van der Waals surface area (Å²) >= 11 is 0. The third-order valence-corrected chi connectivity index (χ3v) is 4.37. The zero-order chi connectivity index (χ0) is 19.7. The van der Waals surface area contributed by atoms with Crippen molar-refractivity contribution in [2.75, 3.05) is 0 Å². The van der Waals surface area contributed by atoms with Gasteiger partial charge in [0, 0.05) is 42.2 Å². The molecule has 28 heavy (non-hydrogen) atoms. The first kappa shape index (κ1) is 17.5. The fourth-order valence-electron chi connectivity index (χ4n) is 3.19. The van der Waals surface area contributed by atoms with Crippen LogP contribution in [0, 0.1) is 0 Å². The molecule has 0 saturated heterocycles. The molecule has 7 nitrogen and oxygen atoms in total. The fraction of sp³-hybridized carbons (Fsp3) is 0.0952. The van der Waals surface area contributed by atoms with Crippen molar-refractivity contribution < 1.29 is 19.5 Å². The summed E-state index contributed by atoms with van der Waals surface area (Å²) in [6, 6.07) is 19.3. The summed E-state index contributed by atoms with van der Waals surface area (Å²) in [5, 5.41) is 14.5. The average molecular weight is 375 g/mol. The molecule has 0 amide bonds. The maximum absolute atomic E-state index is 11.5. The first-order valence-corrected chi connectivity index (χ1v) is 8.67. The molecule has 0 saturated carbocycles. The summed E-state index contributed by atoms with van der Waals surface area (Å²) in [5.41, 5.74) is 3.11. The predicted molar refractivity (Wildman–Crippen MR) is 103 cm³/mol. The van der Waals surface area contributed by atoms with E-state index in [1.807, 2.05) is 60.8 Å². The maximum atomic E-state index is 11.5. The minimum Gasteiger partial charge on any atom is -0.476 e. The van der Waals surface area contributed by atoms with Crippen molar-refractivity contribution in [1.82, 2.24) is 14.5 Å². The normalized spacial score (nSPS) is 10.9. The second kappa shape index (κ2) is 7.03. The zero-order valence-electron chi connectivity index (χ0n) is 15.1. The Labute approximate surface area is 160 Å². The van der Waals surface area contributed by atoms with Crippen LogP contribution in [0.2, 0.25) is 0 Å².